The average Bonchev–Trinajstić information content (AvgIpc) is 2.24. The van der Waals surface area contributed by atoms with E-state index in [4.69, 9.17) is 5.26 Å². The van der Waals surface area contributed by atoms with Gasteiger partial charge in [0.25, 0.3) is 0 Å². The highest BCUT2D eigenvalue weighted by Gasteiger charge is 2.39. The molecule has 90 valence electrons. The maximum atomic E-state index is 13.2. The van der Waals surface area contributed by atoms with Gasteiger partial charge in [-0.05, 0) is 12.1 Å². The summed E-state index contributed by atoms with van der Waals surface area (Å²) in [5.74, 6) is -3.04. The van der Waals surface area contributed by atoms with Crippen molar-refractivity contribution in [1.82, 2.24) is 0 Å². The second kappa shape index (κ2) is 4.41. The summed E-state index contributed by atoms with van der Waals surface area (Å²) < 4.78 is 54.9. The Morgan fingerprint density at radius 1 is 1.41 bits per heavy atom. The van der Waals surface area contributed by atoms with Gasteiger partial charge < -0.3 is 4.74 Å². The molecular formula is C10H5F4NO2. The number of rotatable bonds is 1. The minimum absolute atomic E-state index is 0.393. The summed E-state index contributed by atoms with van der Waals surface area (Å²) in [6.45, 7) is 0. The van der Waals surface area contributed by atoms with Crippen LogP contribution in [0.3, 0.4) is 0 Å². The molecule has 0 heterocycles. The predicted molar refractivity (Wildman–Crippen MR) is 47.5 cm³/mol. The highest BCUT2D eigenvalue weighted by Crippen LogP contribution is 2.35. The molecule has 1 rings (SSSR count). The minimum atomic E-state index is -5.04. The van der Waals surface area contributed by atoms with Crippen LogP contribution in [0.15, 0.2) is 12.1 Å². The molecule has 0 aromatic heterocycles. The first-order valence-electron chi connectivity index (χ1n) is 4.20. The summed E-state index contributed by atoms with van der Waals surface area (Å²) in [6, 6.07) is 2.50. The molecule has 0 radical (unpaired) electrons. The third-order valence-corrected chi connectivity index (χ3v) is 1.91. The van der Waals surface area contributed by atoms with Crippen LogP contribution in [0.25, 0.3) is 0 Å². The number of hydrogen-bond donors (Lipinski definition) is 0. The Morgan fingerprint density at radius 3 is 2.41 bits per heavy atom. The van der Waals surface area contributed by atoms with Gasteiger partial charge in [0.1, 0.15) is 11.4 Å². The molecule has 0 saturated heterocycles. The first kappa shape index (κ1) is 13.0. The lowest BCUT2D eigenvalue weighted by atomic mass is 10.0. The van der Waals surface area contributed by atoms with Crippen LogP contribution in [0.1, 0.15) is 21.5 Å². The van der Waals surface area contributed by atoms with Crippen LogP contribution in [0.5, 0.6) is 0 Å². The molecule has 0 unspecified atom stereocenters. The first-order chi connectivity index (χ1) is 7.81. The van der Waals surface area contributed by atoms with Crippen LogP contribution in [0.2, 0.25) is 0 Å². The van der Waals surface area contributed by atoms with Crippen LogP contribution in [-0.4, -0.2) is 13.1 Å². The van der Waals surface area contributed by atoms with Crippen molar-refractivity contribution < 1.29 is 27.1 Å². The average molecular weight is 247 g/mol. The number of esters is 1. The topological polar surface area (TPSA) is 50.1 Å². The van der Waals surface area contributed by atoms with E-state index in [2.05, 4.69) is 4.74 Å². The quantitative estimate of drug-likeness (QED) is 0.566. The highest BCUT2D eigenvalue weighted by atomic mass is 19.4. The molecule has 0 N–H and O–H groups in total. The Balaban J connectivity index is 3.58. The van der Waals surface area contributed by atoms with E-state index < -0.39 is 34.7 Å². The normalized spacial score (nSPS) is 10.8. The van der Waals surface area contributed by atoms with Crippen LogP contribution >= 0.6 is 0 Å². The molecular weight excluding hydrogens is 242 g/mol. The Kier molecular flexibility index (Phi) is 3.36. The lowest BCUT2D eigenvalue weighted by Crippen LogP contribution is -2.17. The number of hydrogen-bond acceptors (Lipinski definition) is 3. The van der Waals surface area contributed by atoms with Crippen molar-refractivity contribution in [2.45, 2.75) is 6.18 Å². The SMILES string of the molecule is COC(=O)c1cc(C#N)cc(F)c1C(F)(F)F. The number of alkyl halides is 3. The van der Waals surface area contributed by atoms with E-state index in [-0.39, 0.29) is 0 Å². The number of ether oxygens (including phenoxy) is 1. The number of carbonyl (C=O) groups excluding carboxylic acids is 1. The molecule has 0 aliphatic heterocycles. The summed E-state index contributed by atoms with van der Waals surface area (Å²) in [5, 5.41) is 8.48. The van der Waals surface area contributed by atoms with Crippen LogP contribution in [0, 0.1) is 17.1 Å². The zero-order chi connectivity index (χ0) is 13.2. The molecule has 0 aliphatic rings. The van der Waals surface area contributed by atoms with Gasteiger partial charge in [-0.3, -0.25) is 0 Å². The fourth-order valence-electron chi connectivity index (χ4n) is 1.23. The van der Waals surface area contributed by atoms with E-state index in [0.717, 1.165) is 7.11 Å². The van der Waals surface area contributed by atoms with E-state index in [1.807, 2.05) is 0 Å². The van der Waals surface area contributed by atoms with E-state index in [9.17, 15) is 22.4 Å². The Morgan fingerprint density at radius 2 is 2.00 bits per heavy atom. The molecule has 7 heteroatoms. The van der Waals surface area contributed by atoms with Crippen molar-refractivity contribution in [3.63, 3.8) is 0 Å². The highest BCUT2D eigenvalue weighted by molar-refractivity contribution is 5.91. The summed E-state index contributed by atoms with van der Waals surface area (Å²) in [4.78, 5) is 11.1. The van der Waals surface area contributed by atoms with Crippen molar-refractivity contribution in [1.29, 1.82) is 5.26 Å². The minimum Gasteiger partial charge on any atom is -0.465 e. The van der Waals surface area contributed by atoms with Crippen molar-refractivity contribution in [2.24, 2.45) is 0 Å². The molecule has 0 amide bonds. The molecule has 1 aromatic rings. The number of carbonyl (C=O) groups is 1. The van der Waals surface area contributed by atoms with Crippen molar-refractivity contribution in [3.8, 4) is 6.07 Å². The molecule has 0 fully saturated rings. The lowest BCUT2D eigenvalue weighted by Gasteiger charge is -2.12. The smallest absolute Gasteiger partial charge is 0.420 e. The summed E-state index contributed by atoms with van der Waals surface area (Å²) in [7, 11) is 0.861. The Bertz CT molecular complexity index is 502. The van der Waals surface area contributed by atoms with Gasteiger partial charge in [-0.1, -0.05) is 0 Å². The molecule has 0 spiro atoms. The van der Waals surface area contributed by atoms with Gasteiger partial charge in [-0.2, -0.15) is 18.4 Å². The monoisotopic (exact) mass is 247 g/mol. The number of nitriles is 1. The fourth-order valence-corrected chi connectivity index (χ4v) is 1.23. The number of benzene rings is 1. The summed E-state index contributed by atoms with van der Waals surface area (Å²) in [5.41, 5.74) is -3.14. The van der Waals surface area contributed by atoms with Crippen LogP contribution < -0.4 is 0 Å². The van der Waals surface area contributed by atoms with E-state index in [0.29, 0.717) is 12.1 Å². The molecule has 3 nitrogen and oxygen atoms in total. The van der Waals surface area contributed by atoms with Crippen molar-refractivity contribution >= 4 is 5.97 Å². The van der Waals surface area contributed by atoms with E-state index in [1.165, 1.54) is 6.07 Å². The Hall–Kier alpha value is -2.10. The van der Waals surface area contributed by atoms with Gasteiger partial charge in [-0.25, -0.2) is 9.18 Å². The van der Waals surface area contributed by atoms with Gasteiger partial charge in [0.05, 0.1) is 24.3 Å². The molecule has 0 saturated carbocycles. The first-order valence-corrected chi connectivity index (χ1v) is 4.20. The maximum absolute atomic E-state index is 13.2. The Labute approximate surface area is 93.2 Å². The van der Waals surface area contributed by atoms with Crippen LogP contribution in [0.4, 0.5) is 17.6 Å². The standard InChI is InChI=1S/C10H5F4NO2/c1-17-9(16)6-2-5(4-15)3-7(11)8(6)10(12,13)14/h2-3H,1H3. The van der Waals surface area contributed by atoms with Gasteiger partial charge >= 0.3 is 12.1 Å². The second-order valence-electron chi connectivity index (χ2n) is 2.98. The van der Waals surface area contributed by atoms with Crippen molar-refractivity contribution in [2.75, 3.05) is 7.11 Å². The van der Waals surface area contributed by atoms with Gasteiger partial charge in [-0.15, -0.1) is 0 Å². The van der Waals surface area contributed by atoms with E-state index >= 15 is 0 Å². The molecule has 17 heavy (non-hydrogen) atoms. The lowest BCUT2D eigenvalue weighted by molar-refractivity contribution is -0.140. The number of halogens is 4. The third kappa shape index (κ3) is 2.53. The molecule has 0 atom stereocenters. The van der Waals surface area contributed by atoms with E-state index in [1.54, 1.807) is 0 Å². The molecule has 0 aliphatic carbocycles. The van der Waals surface area contributed by atoms with Crippen LogP contribution in [-0.2, 0) is 10.9 Å². The van der Waals surface area contributed by atoms with Gasteiger partial charge in [0, 0.05) is 0 Å². The number of nitrogens with zero attached hydrogens (tertiary/aromatic N) is 1. The second-order valence-corrected chi connectivity index (χ2v) is 2.98. The molecule has 0 bridgehead atoms. The largest absolute Gasteiger partial charge is 0.465 e. The summed E-state index contributed by atoms with van der Waals surface area (Å²) >= 11 is 0. The predicted octanol–water partition coefficient (Wildman–Crippen LogP) is 2.50. The van der Waals surface area contributed by atoms with Gasteiger partial charge in [0.2, 0.25) is 0 Å². The number of methoxy groups -OCH3 is 1. The van der Waals surface area contributed by atoms with Crippen molar-refractivity contribution in [3.05, 3.63) is 34.6 Å². The fraction of sp³-hybridized carbons (Fsp3) is 0.200. The zero-order valence-electron chi connectivity index (χ0n) is 8.43. The third-order valence-electron chi connectivity index (χ3n) is 1.91. The van der Waals surface area contributed by atoms with Gasteiger partial charge in [0.15, 0.2) is 0 Å². The molecule has 1 aromatic carbocycles. The summed E-state index contributed by atoms with van der Waals surface area (Å²) in [6.07, 6.45) is -5.04. The maximum Gasteiger partial charge on any atom is 0.420 e. The zero-order valence-corrected chi connectivity index (χ0v) is 8.43.